The maximum Gasteiger partial charge on any atom is 0.0786 e. The largest absolute Gasteiger partial charge is 0.330 e. The molecule has 0 saturated carbocycles. The number of nitrogens with two attached hydrogens (primary N) is 1. The molecule has 0 unspecified atom stereocenters. The number of quaternary nitrogens is 1. The van der Waals surface area contributed by atoms with Crippen molar-refractivity contribution in [2.75, 3.05) is 32.7 Å². The van der Waals surface area contributed by atoms with Gasteiger partial charge in [-0.15, -0.1) is 0 Å². The lowest BCUT2D eigenvalue weighted by Gasteiger charge is -2.39. The van der Waals surface area contributed by atoms with Crippen LogP contribution in [-0.2, 0) is 0 Å². The average Bonchev–Trinajstić information content (AvgIpc) is 3.04. The molecule has 44 heavy (non-hydrogen) atoms. The standard InChI is InChI=1S/C26H56N.C16H35N/c1-5-9-13-14-15-16-17-18-19-20-21-22-26-27(23-10-6-2,24-11-7-3)25-12-8-4;1-2-3-4-5-6-7-8-9-10-11-12-13-14-15-16-17/h5-26H2,1-4H3;2-17H2,1H3/q+1;. The minimum absolute atomic E-state index is 0.873. The van der Waals surface area contributed by atoms with Crippen LogP contribution < -0.4 is 5.73 Å². The van der Waals surface area contributed by atoms with Gasteiger partial charge in [0.1, 0.15) is 0 Å². The highest BCUT2D eigenvalue weighted by molar-refractivity contribution is 4.53. The van der Waals surface area contributed by atoms with E-state index in [4.69, 9.17) is 5.73 Å². The molecule has 0 aromatic heterocycles. The van der Waals surface area contributed by atoms with Crippen molar-refractivity contribution < 1.29 is 4.48 Å². The van der Waals surface area contributed by atoms with E-state index in [-0.39, 0.29) is 0 Å². The maximum absolute atomic E-state index is 5.47. The Morgan fingerprint density at radius 3 is 0.705 bits per heavy atom. The van der Waals surface area contributed by atoms with Gasteiger partial charge in [0.25, 0.3) is 0 Å². The van der Waals surface area contributed by atoms with E-state index in [1.165, 1.54) is 236 Å². The van der Waals surface area contributed by atoms with Crippen LogP contribution in [0.1, 0.15) is 240 Å². The molecule has 0 amide bonds. The molecule has 0 fully saturated rings. The van der Waals surface area contributed by atoms with Gasteiger partial charge in [-0.3, -0.25) is 0 Å². The van der Waals surface area contributed by atoms with Gasteiger partial charge < -0.3 is 10.2 Å². The van der Waals surface area contributed by atoms with Crippen molar-refractivity contribution in [2.24, 2.45) is 5.73 Å². The van der Waals surface area contributed by atoms with Gasteiger partial charge in [0.2, 0.25) is 0 Å². The van der Waals surface area contributed by atoms with E-state index in [0.29, 0.717) is 0 Å². The summed E-state index contributed by atoms with van der Waals surface area (Å²) >= 11 is 0. The number of hydrogen-bond acceptors (Lipinski definition) is 1. The lowest BCUT2D eigenvalue weighted by molar-refractivity contribution is -0.929. The summed E-state index contributed by atoms with van der Waals surface area (Å²) in [5.41, 5.74) is 5.47. The Morgan fingerprint density at radius 2 is 0.455 bits per heavy atom. The van der Waals surface area contributed by atoms with Crippen LogP contribution in [0.2, 0.25) is 0 Å². The molecule has 0 aromatic carbocycles. The highest BCUT2D eigenvalue weighted by Gasteiger charge is 2.25. The molecule has 0 aromatic rings. The first kappa shape index (κ1) is 46.0. The van der Waals surface area contributed by atoms with Crippen molar-refractivity contribution in [3.05, 3.63) is 0 Å². The topological polar surface area (TPSA) is 26.0 Å². The molecule has 0 aliphatic heterocycles. The zero-order chi connectivity index (χ0) is 32.7. The zero-order valence-electron chi connectivity index (χ0n) is 32.2. The third-order valence-corrected chi connectivity index (χ3v) is 10.0. The van der Waals surface area contributed by atoms with Gasteiger partial charge in [-0.1, -0.05) is 202 Å². The quantitative estimate of drug-likeness (QED) is 0.0545. The first-order valence-corrected chi connectivity index (χ1v) is 21.2. The molecule has 2 N–H and O–H groups in total. The second-order valence-corrected chi connectivity index (χ2v) is 14.6. The van der Waals surface area contributed by atoms with Gasteiger partial charge in [-0.05, 0) is 45.1 Å². The van der Waals surface area contributed by atoms with Gasteiger partial charge in [-0.2, -0.15) is 0 Å². The van der Waals surface area contributed by atoms with Crippen molar-refractivity contribution in [3.8, 4) is 0 Å². The van der Waals surface area contributed by atoms with E-state index < -0.39 is 0 Å². The van der Waals surface area contributed by atoms with Gasteiger partial charge in [-0.25, -0.2) is 0 Å². The highest BCUT2D eigenvalue weighted by Crippen LogP contribution is 2.18. The van der Waals surface area contributed by atoms with Crippen molar-refractivity contribution in [2.45, 2.75) is 240 Å². The predicted octanol–water partition coefficient (Wildman–Crippen LogP) is 14.3. The molecular weight excluding hydrogens is 532 g/mol. The second kappa shape index (κ2) is 40.9. The number of unbranched alkanes of at least 4 members (excludes halogenated alkanes) is 27. The Labute approximate surface area is 282 Å². The van der Waals surface area contributed by atoms with Crippen LogP contribution in [0.3, 0.4) is 0 Å². The lowest BCUT2D eigenvalue weighted by Crippen LogP contribution is -2.50. The second-order valence-electron chi connectivity index (χ2n) is 14.6. The van der Waals surface area contributed by atoms with E-state index in [1.54, 1.807) is 0 Å². The Kier molecular flexibility index (Phi) is 42.8. The number of rotatable bonds is 36. The van der Waals surface area contributed by atoms with Crippen molar-refractivity contribution in [1.82, 2.24) is 0 Å². The molecular formula is C42H91N2+. The SMILES string of the molecule is CCCCCCCCCCCCCCCCN.CCCCCCCCCCCCCC[N+](CCCC)(CCCC)CCCC. The van der Waals surface area contributed by atoms with E-state index in [2.05, 4.69) is 34.6 Å². The van der Waals surface area contributed by atoms with Gasteiger partial charge in [0.05, 0.1) is 26.2 Å². The molecule has 0 saturated heterocycles. The summed E-state index contributed by atoms with van der Waals surface area (Å²) in [6.45, 7) is 18.3. The molecule has 0 atom stereocenters. The van der Waals surface area contributed by atoms with Crippen LogP contribution in [0.25, 0.3) is 0 Å². The van der Waals surface area contributed by atoms with Crippen LogP contribution in [0.4, 0.5) is 0 Å². The molecule has 0 rings (SSSR count). The van der Waals surface area contributed by atoms with Gasteiger partial charge in [0.15, 0.2) is 0 Å². The molecule has 2 heteroatoms. The molecule has 0 bridgehead atoms. The molecule has 0 heterocycles. The molecule has 0 aliphatic rings. The Balaban J connectivity index is 0. The van der Waals surface area contributed by atoms with Gasteiger partial charge >= 0.3 is 0 Å². The van der Waals surface area contributed by atoms with Crippen LogP contribution in [0, 0.1) is 0 Å². The first-order valence-electron chi connectivity index (χ1n) is 21.2. The monoisotopic (exact) mass is 624 g/mol. The molecule has 0 aliphatic carbocycles. The van der Waals surface area contributed by atoms with E-state index in [1.807, 2.05) is 0 Å². The zero-order valence-corrected chi connectivity index (χ0v) is 32.2. The number of hydrogen-bond donors (Lipinski definition) is 1. The summed E-state index contributed by atoms with van der Waals surface area (Å²) in [7, 11) is 0. The van der Waals surface area contributed by atoms with Gasteiger partial charge in [0, 0.05) is 0 Å². The predicted molar refractivity (Wildman–Crippen MR) is 205 cm³/mol. The summed E-state index contributed by atoms with van der Waals surface area (Å²) in [5.74, 6) is 0. The van der Waals surface area contributed by atoms with Crippen molar-refractivity contribution in [1.29, 1.82) is 0 Å². The van der Waals surface area contributed by atoms with Crippen molar-refractivity contribution in [3.63, 3.8) is 0 Å². The average molecular weight is 624 g/mol. The summed E-state index contributed by atoms with van der Waals surface area (Å²) in [5, 5.41) is 0. The van der Waals surface area contributed by atoms with E-state index >= 15 is 0 Å². The fourth-order valence-electron chi connectivity index (χ4n) is 6.78. The normalized spacial score (nSPS) is 11.6. The Morgan fingerprint density at radius 1 is 0.250 bits per heavy atom. The summed E-state index contributed by atoms with van der Waals surface area (Å²) < 4.78 is 1.44. The first-order chi connectivity index (χ1) is 21.7. The fraction of sp³-hybridized carbons (Fsp3) is 1.00. The third kappa shape index (κ3) is 36.4. The van der Waals surface area contributed by atoms with Crippen LogP contribution in [0.5, 0.6) is 0 Å². The van der Waals surface area contributed by atoms with E-state index in [0.717, 1.165) is 6.54 Å². The molecule has 2 nitrogen and oxygen atoms in total. The van der Waals surface area contributed by atoms with Crippen molar-refractivity contribution >= 4 is 0 Å². The molecule has 268 valence electrons. The summed E-state index contributed by atoms with van der Waals surface area (Å²) in [4.78, 5) is 0. The maximum atomic E-state index is 5.47. The molecule has 0 spiro atoms. The number of nitrogens with zero attached hydrogens (tertiary/aromatic N) is 1. The minimum atomic E-state index is 0.873. The summed E-state index contributed by atoms with van der Waals surface area (Å²) in [6, 6.07) is 0. The van der Waals surface area contributed by atoms with Crippen LogP contribution >= 0.6 is 0 Å². The minimum Gasteiger partial charge on any atom is -0.330 e. The summed E-state index contributed by atoms with van der Waals surface area (Å²) in [6.07, 6.45) is 45.8. The van der Waals surface area contributed by atoms with Crippen LogP contribution in [-0.4, -0.2) is 37.2 Å². The molecule has 0 radical (unpaired) electrons. The fourth-order valence-corrected chi connectivity index (χ4v) is 6.78. The third-order valence-electron chi connectivity index (χ3n) is 10.0. The van der Waals surface area contributed by atoms with E-state index in [9.17, 15) is 0 Å². The Bertz CT molecular complexity index is 441. The Hall–Kier alpha value is -0.0800. The highest BCUT2D eigenvalue weighted by atomic mass is 15.3. The smallest absolute Gasteiger partial charge is 0.0786 e. The van der Waals surface area contributed by atoms with Crippen LogP contribution in [0.15, 0.2) is 0 Å². The lowest BCUT2D eigenvalue weighted by atomic mass is 10.0.